The van der Waals surface area contributed by atoms with Crippen molar-refractivity contribution >= 4 is 22.4 Å². The van der Waals surface area contributed by atoms with Crippen LogP contribution in [0.15, 0.2) is 30.3 Å². The number of halogens is 2. The number of carbonyl (C=O) groups excluding carboxylic acids is 1. The monoisotopic (exact) mass is 312 g/mol. The highest BCUT2D eigenvalue weighted by molar-refractivity contribution is 7.16. The summed E-state index contributed by atoms with van der Waals surface area (Å²) in [5.41, 5.74) is -0.454. The number of aryl methyl sites for hydroxylation is 1. The molecule has 0 bridgehead atoms. The lowest BCUT2D eigenvalue weighted by atomic mass is 10.1. The van der Waals surface area contributed by atoms with Crippen molar-refractivity contribution in [2.75, 3.05) is 11.9 Å². The van der Waals surface area contributed by atoms with Crippen molar-refractivity contribution in [2.45, 2.75) is 13.0 Å². The number of rotatable bonds is 4. The van der Waals surface area contributed by atoms with E-state index in [0.29, 0.717) is 5.00 Å². The van der Waals surface area contributed by atoms with Crippen molar-refractivity contribution in [3.8, 4) is 0 Å². The first-order valence-electron chi connectivity index (χ1n) is 6.20. The molecule has 0 fully saturated rings. The molecule has 0 aliphatic rings. The highest BCUT2D eigenvalue weighted by atomic mass is 32.1. The first-order chi connectivity index (χ1) is 9.97. The van der Waals surface area contributed by atoms with Gasteiger partial charge in [0.1, 0.15) is 17.7 Å². The van der Waals surface area contributed by atoms with Gasteiger partial charge in [-0.2, -0.15) is 0 Å². The highest BCUT2D eigenvalue weighted by Crippen LogP contribution is 2.21. The zero-order valence-corrected chi connectivity index (χ0v) is 12.0. The fourth-order valence-electron chi connectivity index (χ4n) is 1.78. The molecule has 112 valence electrons. The fraction of sp³-hybridized carbons (Fsp3) is 0.214. The number of aliphatic hydroxyl groups is 1. The van der Waals surface area contributed by atoms with Crippen LogP contribution in [0.4, 0.5) is 18.6 Å². The SMILES string of the molecule is Cc1ccc(NC(=O)NCC(O)c2c(F)cccc2F)s1. The van der Waals surface area contributed by atoms with E-state index < -0.39 is 29.3 Å². The summed E-state index contributed by atoms with van der Waals surface area (Å²) >= 11 is 1.40. The van der Waals surface area contributed by atoms with Crippen LogP contribution in [-0.4, -0.2) is 17.7 Å². The van der Waals surface area contributed by atoms with Crippen LogP contribution in [0.2, 0.25) is 0 Å². The summed E-state index contributed by atoms with van der Waals surface area (Å²) in [6.07, 6.45) is -1.46. The molecule has 1 aromatic carbocycles. The van der Waals surface area contributed by atoms with Gasteiger partial charge in [-0.25, -0.2) is 13.6 Å². The molecule has 21 heavy (non-hydrogen) atoms. The van der Waals surface area contributed by atoms with Crippen LogP contribution in [0, 0.1) is 18.6 Å². The Labute approximate surface area is 124 Å². The molecule has 1 unspecified atom stereocenters. The van der Waals surface area contributed by atoms with Crippen molar-refractivity contribution in [1.82, 2.24) is 5.32 Å². The van der Waals surface area contributed by atoms with Crippen molar-refractivity contribution in [2.24, 2.45) is 0 Å². The Morgan fingerprint density at radius 3 is 2.52 bits per heavy atom. The van der Waals surface area contributed by atoms with E-state index >= 15 is 0 Å². The normalized spacial score (nSPS) is 12.0. The van der Waals surface area contributed by atoms with Gasteiger partial charge in [0.05, 0.1) is 10.6 Å². The zero-order valence-electron chi connectivity index (χ0n) is 11.2. The Balaban J connectivity index is 1.91. The van der Waals surface area contributed by atoms with Gasteiger partial charge in [0.15, 0.2) is 0 Å². The molecule has 1 atom stereocenters. The number of benzene rings is 1. The quantitative estimate of drug-likeness (QED) is 0.812. The Morgan fingerprint density at radius 2 is 1.95 bits per heavy atom. The van der Waals surface area contributed by atoms with Gasteiger partial charge >= 0.3 is 6.03 Å². The summed E-state index contributed by atoms with van der Waals surface area (Å²) in [6.45, 7) is 1.60. The molecule has 2 rings (SSSR count). The van der Waals surface area contributed by atoms with Gasteiger partial charge in [0.2, 0.25) is 0 Å². The largest absolute Gasteiger partial charge is 0.386 e. The molecule has 2 amide bonds. The standard InChI is InChI=1S/C14H14F2N2O2S/c1-8-5-6-12(21-8)18-14(20)17-7-11(19)13-9(15)3-2-4-10(13)16/h2-6,11,19H,7H2,1H3,(H2,17,18,20). The van der Waals surface area contributed by atoms with Gasteiger partial charge in [0.25, 0.3) is 0 Å². The maximum absolute atomic E-state index is 13.4. The van der Waals surface area contributed by atoms with Crippen molar-refractivity contribution in [3.05, 3.63) is 52.4 Å². The maximum Gasteiger partial charge on any atom is 0.319 e. The number of urea groups is 1. The van der Waals surface area contributed by atoms with Crippen LogP contribution >= 0.6 is 11.3 Å². The third-order valence-electron chi connectivity index (χ3n) is 2.77. The average Bonchev–Trinajstić information content (AvgIpc) is 2.81. The molecular weight excluding hydrogens is 298 g/mol. The van der Waals surface area contributed by atoms with Crippen LogP contribution in [0.1, 0.15) is 16.5 Å². The average molecular weight is 312 g/mol. The Hall–Kier alpha value is -1.99. The summed E-state index contributed by atoms with van der Waals surface area (Å²) in [6, 6.07) is 6.36. The molecule has 3 N–H and O–H groups in total. The number of anilines is 1. The molecule has 0 saturated carbocycles. The Bertz CT molecular complexity index is 625. The second kappa shape index (κ2) is 6.64. The predicted molar refractivity (Wildman–Crippen MR) is 77.4 cm³/mol. The van der Waals surface area contributed by atoms with Crippen molar-refractivity contribution in [1.29, 1.82) is 0 Å². The van der Waals surface area contributed by atoms with Gasteiger partial charge in [-0.1, -0.05) is 6.07 Å². The molecule has 0 radical (unpaired) electrons. The predicted octanol–water partition coefficient (Wildman–Crippen LogP) is 3.19. The molecule has 0 saturated heterocycles. The Morgan fingerprint density at radius 1 is 1.29 bits per heavy atom. The fourth-order valence-corrected chi connectivity index (χ4v) is 2.54. The van der Waals surface area contributed by atoms with Gasteiger partial charge in [-0.15, -0.1) is 11.3 Å². The Kier molecular flexibility index (Phi) is 4.87. The number of nitrogens with one attached hydrogen (secondary N) is 2. The number of hydrogen-bond donors (Lipinski definition) is 3. The van der Waals surface area contributed by atoms with E-state index in [-0.39, 0.29) is 6.54 Å². The van der Waals surface area contributed by atoms with E-state index in [1.807, 2.05) is 13.0 Å². The van der Waals surface area contributed by atoms with Gasteiger partial charge in [-0.3, -0.25) is 5.32 Å². The van der Waals surface area contributed by atoms with Crippen LogP contribution in [0.3, 0.4) is 0 Å². The highest BCUT2D eigenvalue weighted by Gasteiger charge is 2.18. The first-order valence-corrected chi connectivity index (χ1v) is 7.02. The lowest BCUT2D eigenvalue weighted by Crippen LogP contribution is -2.32. The minimum Gasteiger partial charge on any atom is -0.386 e. The van der Waals surface area contributed by atoms with E-state index in [9.17, 15) is 18.7 Å². The second-order valence-corrected chi connectivity index (χ2v) is 5.68. The number of hydrogen-bond acceptors (Lipinski definition) is 3. The lowest BCUT2D eigenvalue weighted by Gasteiger charge is -2.14. The summed E-state index contributed by atoms with van der Waals surface area (Å²) in [5.74, 6) is -1.70. The van der Waals surface area contributed by atoms with Crippen molar-refractivity contribution < 1.29 is 18.7 Å². The molecule has 0 spiro atoms. The number of amides is 2. The third-order valence-corrected chi connectivity index (χ3v) is 3.68. The second-order valence-electron chi connectivity index (χ2n) is 4.40. The minimum absolute atomic E-state index is 0.298. The van der Waals surface area contributed by atoms with E-state index in [4.69, 9.17) is 0 Å². The summed E-state index contributed by atoms with van der Waals surface area (Å²) in [7, 11) is 0. The molecule has 0 aliphatic heterocycles. The summed E-state index contributed by atoms with van der Waals surface area (Å²) in [5, 5.41) is 15.4. The summed E-state index contributed by atoms with van der Waals surface area (Å²) in [4.78, 5) is 12.7. The van der Waals surface area contributed by atoms with E-state index in [2.05, 4.69) is 10.6 Å². The van der Waals surface area contributed by atoms with Crippen molar-refractivity contribution in [3.63, 3.8) is 0 Å². The lowest BCUT2D eigenvalue weighted by molar-refractivity contribution is 0.166. The van der Waals surface area contributed by atoms with Gasteiger partial charge < -0.3 is 10.4 Å². The molecule has 1 aromatic heterocycles. The molecule has 4 nitrogen and oxygen atoms in total. The number of thiophene rings is 1. The number of carbonyl (C=O) groups is 1. The van der Waals surface area contributed by atoms with Crippen LogP contribution in [0.25, 0.3) is 0 Å². The van der Waals surface area contributed by atoms with E-state index in [1.54, 1.807) is 6.07 Å². The van der Waals surface area contributed by atoms with Crippen LogP contribution in [-0.2, 0) is 0 Å². The molecule has 0 aliphatic carbocycles. The molecule has 7 heteroatoms. The molecular formula is C14H14F2N2O2S. The smallest absolute Gasteiger partial charge is 0.319 e. The van der Waals surface area contributed by atoms with Gasteiger partial charge in [0, 0.05) is 11.4 Å². The molecule has 1 heterocycles. The third kappa shape index (κ3) is 3.99. The summed E-state index contributed by atoms with van der Waals surface area (Å²) < 4.78 is 26.9. The van der Waals surface area contributed by atoms with Gasteiger partial charge in [-0.05, 0) is 31.2 Å². The van der Waals surface area contributed by atoms with E-state index in [1.165, 1.54) is 17.4 Å². The topological polar surface area (TPSA) is 61.4 Å². The minimum atomic E-state index is -1.46. The number of aliphatic hydroxyl groups excluding tert-OH is 1. The van der Waals surface area contributed by atoms with Crippen LogP contribution in [0.5, 0.6) is 0 Å². The zero-order chi connectivity index (χ0) is 15.4. The first kappa shape index (κ1) is 15.4. The van der Waals surface area contributed by atoms with E-state index in [0.717, 1.165) is 17.0 Å². The molecule has 2 aromatic rings. The maximum atomic E-state index is 13.4. The van der Waals surface area contributed by atoms with Crippen LogP contribution < -0.4 is 10.6 Å².